The number of hydrogen-bond acceptors (Lipinski definition) is 1. The summed E-state index contributed by atoms with van der Waals surface area (Å²) in [6, 6.07) is 6.49. The highest BCUT2D eigenvalue weighted by Crippen LogP contribution is 2.26. The predicted molar refractivity (Wildman–Crippen MR) is 52.5 cm³/mol. The molecular formula is C11H15N. The summed E-state index contributed by atoms with van der Waals surface area (Å²) in [7, 11) is 0. The first-order valence-corrected chi connectivity index (χ1v) is 4.59. The Morgan fingerprint density at radius 1 is 1.42 bits per heavy atom. The number of rotatable bonds is 0. The molecule has 1 aliphatic rings. The fraction of sp³-hybridized carbons (Fsp3) is 0.455. The van der Waals surface area contributed by atoms with Crippen LogP contribution in [-0.2, 0) is 6.42 Å². The van der Waals surface area contributed by atoms with Crippen molar-refractivity contribution in [2.45, 2.75) is 20.3 Å². The number of hydrogen-bond donors (Lipinski definition) is 1. The van der Waals surface area contributed by atoms with E-state index in [0.717, 1.165) is 12.5 Å². The standard InChI is InChI=1S/C11H15N/c1-8-6-10-9(2)4-3-5-11(10)12-7-8/h3-5,8,12H,6-7H2,1-2H3. The highest BCUT2D eigenvalue weighted by molar-refractivity contribution is 5.56. The van der Waals surface area contributed by atoms with Crippen LogP contribution < -0.4 is 5.32 Å². The van der Waals surface area contributed by atoms with Crippen molar-refractivity contribution >= 4 is 5.69 Å². The van der Waals surface area contributed by atoms with Crippen LogP contribution >= 0.6 is 0 Å². The average Bonchev–Trinajstić information content (AvgIpc) is 2.07. The first kappa shape index (κ1) is 7.66. The zero-order valence-corrected chi connectivity index (χ0v) is 7.72. The summed E-state index contributed by atoms with van der Waals surface area (Å²) in [4.78, 5) is 0. The highest BCUT2D eigenvalue weighted by Gasteiger charge is 2.14. The zero-order valence-electron chi connectivity index (χ0n) is 7.72. The minimum absolute atomic E-state index is 0.776. The van der Waals surface area contributed by atoms with Gasteiger partial charge < -0.3 is 5.32 Å². The highest BCUT2D eigenvalue weighted by atomic mass is 14.9. The molecule has 0 saturated heterocycles. The SMILES string of the molecule is Cc1cccc2c1CC(C)CN2. The molecule has 1 aliphatic heterocycles. The van der Waals surface area contributed by atoms with Crippen molar-refractivity contribution in [2.24, 2.45) is 5.92 Å². The summed E-state index contributed by atoms with van der Waals surface area (Å²) < 4.78 is 0. The molecule has 0 radical (unpaired) electrons. The monoisotopic (exact) mass is 161 g/mol. The van der Waals surface area contributed by atoms with E-state index in [1.807, 2.05) is 0 Å². The van der Waals surface area contributed by atoms with E-state index in [0.29, 0.717) is 0 Å². The van der Waals surface area contributed by atoms with Gasteiger partial charge in [0.05, 0.1) is 0 Å². The van der Waals surface area contributed by atoms with Crippen LogP contribution in [0.2, 0.25) is 0 Å². The van der Waals surface area contributed by atoms with Gasteiger partial charge in [-0.3, -0.25) is 0 Å². The third kappa shape index (κ3) is 1.20. The molecule has 0 amide bonds. The average molecular weight is 161 g/mol. The number of nitrogens with one attached hydrogen (secondary N) is 1. The van der Waals surface area contributed by atoms with E-state index in [1.54, 1.807) is 0 Å². The second kappa shape index (κ2) is 2.81. The Hall–Kier alpha value is -0.980. The van der Waals surface area contributed by atoms with E-state index in [9.17, 15) is 0 Å². The number of aryl methyl sites for hydroxylation is 1. The Bertz CT molecular complexity index is 291. The fourth-order valence-electron chi connectivity index (χ4n) is 1.84. The smallest absolute Gasteiger partial charge is 0.0375 e. The second-order valence-corrected chi connectivity index (χ2v) is 3.79. The number of fused-ring (bicyclic) bond motifs is 1. The summed E-state index contributed by atoms with van der Waals surface area (Å²) in [5, 5.41) is 3.45. The van der Waals surface area contributed by atoms with Crippen LogP contribution in [0.5, 0.6) is 0 Å². The van der Waals surface area contributed by atoms with Crippen molar-refractivity contribution in [1.29, 1.82) is 0 Å². The lowest BCUT2D eigenvalue weighted by molar-refractivity contribution is 0.592. The molecule has 0 saturated carbocycles. The van der Waals surface area contributed by atoms with Crippen molar-refractivity contribution in [2.75, 3.05) is 11.9 Å². The van der Waals surface area contributed by atoms with E-state index in [-0.39, 0.29) is 0 Å². The fourth-order valence-corrected chi connectivity index (χ4v) is 1.84. The molecule has 1 aromatic rings. The molecule has 12 heavy (non-hydrogen) atoms. The van der Waals surface area contributed by atoms with Crippen LogP contribution in [0.3, 0.4) is 0 Å². The molecule has 1 unspecified atom stereocenters. The number of anilines is 1. The number of benzene rings is 1. The molecule has 1 nitrogen and oxygen atoms in total. The summed E-state index contributed by atoms with van der Waals surface area (Å²) in [6.07, 6.45) is 1.23. The molecule has 1 atom stereocenters. The Balaban J connectivity index is 2.43. The molecule has 0 bridgehead atoms. The maximum Gasteiger partial charge on any atom is 0.0375 e. The van der Waals surface area contributed by atoms with Gasteiger partial charge in [0.15, 0.2) is 0 Å². The van der Waals surface area contributed by atoms with E-state index in [4.69, 9.17) is 0 Å². The van der Waals surface area contributed by atoms with Gasteiger partial charge in [-0.25, -0.2) is 0 Å². The lowest BCUT2D eigenvalue weighted by atomic mass is 9.92. The summed E-state index contributed by atoms with van der Waals surface area (Å²) in [6.45, 7) is 5.61. The lowest BCUT2D eigenvalue weighted by Gasteiger charge is -2.24. The molecule has 2 rings (SSSR count). The van der Waals surface area contributed by atoms with E-state index >= 15 is 0 Å². The molecule has 64 valence electrons. The third-order valence-corrected chi connectivity index (χ3v) is 2.60. The van der Waals surface area contributed by atoms with Crippen LogP contribution in [0.25, 0.3) is 0 Å². The first-order valence-electron chi connectivity index (χ1n) is 4.59. The molecule has 1 aromatic carbocycles. The quantitative estimate of drug-likeness (QED) is 0.616. The van der Waals surface area contributed by atoms with Crippen LogP contribution in [0.1, 0.15) is 18.1 Å². The van der Waals surface area contributed by atoms with Gasteiger partial charge in [-0.05, 0) is 36.5 Å². The second-order valence-electron chi connectivity index (χ2n) is 3.79. The normalized spacial score (nSPS) is 21.3. The van der Waals surface area contributed by atoms with E-state index < -0.39 is 0 Å². The van der Waals surface area contributed by atoms with Crippen LogP contribution in [0.4, 0.5) is 5.69 Å². The van der Waals surface area contributed by atoms with Crippen LogP contribution in [0, 0.1) is 12.8 Å². The third-order valence-electron chi connectivity index (χ3n) is 2.60. The Morgan fingerprint density at radius 3 is 3.08 bits per heavy atom. The molecule has 1 N–H and O–H groups in total. The van der Waals surface area contributed by atoms with Gasteiger partial charge in [0.1, 0.15) is 0 Å². The minimum Gasteiger partial charge on any atom is -0.385 e. The van der Waals surface area contributed by atoms with Gasteiger partial charge in [0.2, 0.25) is 0 Å². The summed E-state index contributed by atoms with van der Waals surface area (Å²) in [5.41, 5.74) is 4.27. The van der Waals surface area contributed by atoms with Crippen molar-refractivity contribution in [1.82, 2.24) is 0 Å². The zero-order chi connectivity index (χ0) is 8.55. The van der Waals surface area contributed by atoms with Gasteiger partial charge >= 0.3 is 0 Å². The molecule has 1 heterocycles. The topological polar surface area (TPSA) is 12.0 Å². The van der Waals surface area contributed by atoms with Crippen molar-refractivity contribution < 1.29 is 0 Å². The molecule has 0 spiro atoms. The maximum absolute atomic E-state index is 3.45. The summed E-state index contributed by atoms with van der Waals surface area (Å²) >= 11 is 0. The Labute approximate surface area is 73.8 Å². The van der Waals surface area contributed by atoms with E-state index in [1.165, 1.54) is 23.2 Å². The van der Waals surface area contributed by atoms with Crippen molar-refractivity contribution in [3.05, 3.63) is 29.3 Å². The lowest BCUT2D eigenvalue weighted by Crippen LogP contribution is -2.21. The first-order chi connectivity index (χ1) is 5.77. The van der Waals surface area contributed by atoms with Gasteiger partial charge in [0.25, 0.3) is 0 Å². The van der Waals surface area contributed by atoms with Crippen molar-refractivity contribution in [3.8, 4) is 0 Å². The molecule has 0 aliphatic carbocycles. The maximum atomic E-state index is 3.45. The van der Waals surface area contributed by atoms with Gasteiger partial charge in [-0.1, -0.05) is 19.1 Å². The molecule has 1 heteroatoms. The largest absolute Gasteiger partial charge is 0.385 e. The van der Waals surface area contributed by atoms with Crippen LogP contribution in [0.15, 0.2) is 18.2 Å². The van der Waals surface area contributed by atoms with Crippen LogP contribution in [-0.4, -0.2) is 6.54 Å². The predicted octanol–water partition coefficient (Wildman–Crippen LogP) is 2.60. The molecule has 0 aromatic heterocycles. The van der Waals surface area contributed by atoms with Gasteiger partial charge in [-0.2, -0.15) is 0 Å². The molecule has 0 fully saturated rings. The summed E-state index contributed by atoms with van der Waals surface area (Å²) in [5.74, 6) is 0.776. The minimum atomic E-state index is 0.776. The van der Waals surface area contributed by atoms with Gasteiger partial charge in [-0.15, -0.1) is 0 Å². The Kier molecular flexibility index (Phi) is 1.80. The van der Waals surface area contributed by atoms with E-state index in [2.05, 4.69) is 37.4 Å². The van der Waals surface area contributed by atoms with Crippen molar-refractivity contribution in [3.63, 3.8) is 0 Å². The molecular weight excluding hydrogens is 146 g/mol. The Morgan fingerprint density at radius 2 is 2.25 bits per heavy atom. The van der Waals surface area contributed by atoms with Gasteiger partial charge in [0, 0.05) is 12.2 Å².